The Morgan fingerprint density at radius 1 is 1.19 bits per heavy atom. The van der Waals surface area contributed by atoms with Gasteiger partial charge in [0.15, 0.2) is 11.5 Å². The maximum absolute atomic E-state index is 12.3. The molecule has 0 bridgehead atoms. The number of pyridine rings is 1. The van der Waals surface area contributed by atoms with Crippen LogP contribution in [-0.4, -0.2) is 29.1 Å². The Bertz CT molecular complexity index is 1040. The van der Waals surface area contributed by atoms with E-state index in [0.29, 0.717) is 5.65 Å². The normalized spacial score (nSPS) is 10.8. The molecule has 0 fully saturated rings. The van der Waals surface area contributed by atoms with E-state index >= 15 is 0 Å². The highest BCUT2D eigenvalue weighted by Gasteiger charge is 2.15. The number of carbonyl (C=O) groups is 1. The number of hydrogen-bond donors (Lipinski definition) is 0. The van der Waals surface area contributed by atoms with Gasteiger partial charge in [-0.1, -0.05) is 6.07 Å². The van der Waals surface area contributed by atoms with E-state index < -0.39 is 12.6 Å². The van der Waals surface area contributed by atoms with Gasteiger partial charge < -0.3 is 14.2 Å². The second-order valence-electron chi connectivity index (χ2n) is 5.33. The lowest BCUT2D eigenvalue weighted by Crippen LogP contribution is -2.16. The fourth-order valence-corrected chi connectivity index (χ4v) is 2.39. The molecule has 2 heterocycles. The maximum atomic E-state index is 12.3. The number of benzene rings is 1. The highest BCUT2D eigenvalue weighted by molar-refractivity contribution is 5.90. The highest BCUT2D eigenvalue weighted by atomic mass is 19.3. The van der Waals surface area contributed by atoms with E-state index in [9.17, 15) is 18.4 Å². The van der Waals surface area contributed by atoms with Gasteiger partial charge >= 0.3 is 12.6 Å². The first-order valence-electron chi connectivity index (χ1n) is 7.75. The number of carbonyl (C=O) groups excluding carboxylic acids is 1. The topological polar surface area (TPSA) is 79.1 Å². The number of hydrogen-bond acceptors (Lipinski definition) is 6. The van der Waals surface area contributed by atoms with Gasteiger partial charge in [0.25, 0.3) is 5.56 Å². The molecule has 0 aliphatic rings. The molecule has 0 spiro atoms. The van der Waals surface area contributed by atoms with Crippen molar-refractivity contribution >= 4 is 11.6 Å². The number of alkyl halides is 2. The van der Waals surface area contributed by atoms with Crippen LogP contribution in [0.4, 0.5) is 8.78 Å². The van der Waals surface area contributed by atoms with E-state index in [2.05, 4.69) is 9.72 Å². The zero-order valence-electron chi connectivity index (χ0n) is 14.1. The fourth-order valence-electron chi connectivity index (χ4n) is 2.39. The van der Waals surface area contributed by atoms with Crippen LogP contribution in [0.25, 0.3) is 5.65 Å². The van der Waals surface area contributed by atoms with Gasteiger partial charge in [0.05, 0.1) is 18.4 Å². The Labute approximate surface area is 151 Å². The van der Waals surface area contributed by atoms with E-state index in [1.165, 1.54) is 35.8 Å². The highest BCUT2D eigenvalue weighted by Crippen LogP contribution is 2.29. The van der Waals surface area contributed by atoms with Gasteiger partial charge in [-0.15, -0.1) is 0 Å². The van der Waals surface area contributed by atoms with Gasteiger partial charge in [-0.05, 0) is 30.3 Å². The molecule has 0 N–H and O–H groups in total. The average molecular weight is 376 g/mol. The molecule has 0 saturated heterocycles. The van der Waals surface area contributed by atoms with Crippen molar-refractivity contribution in [1.82, 2.24) is 9.38 Å². The van der Waals surface area contributed by atoms with E-state index in [4.69, 9.17) is 9.47 Å². The summed E-state index contributed by atoms with van der Waals surface area (Å²) in [5, 5.41) is 0. The summed E-state index contributed by atoms with van der Waals surface area (Å²) < 4.78 is 40.4. The minimum absolute atomic E-state index is 0.0353. The average Bonchev–Trinajstić information content (AvgIpc) is 2.66. The molecule has 3 rings (SSSR count). The number of fused-ring (bicyclic) bond motifs is 1. The second-order valence-corrected chi connectivity index (χ2v) is 5.33. The third kappa shape index (κ3) is 4.20. The van der Waals surface area contributed by atoms with Gasteiger partial charge in [0.2, 0.25) is 0 Å². The lowest BCUT2D eigenvalue weighted by Gasteiger charge is -2.11. The summed E-state index contributed by atoms with van der Waals surface area (Å²) in [7, 11) is 1.26. The molecule has 7 nitrogen and oxygen atoms in total. The van der Waals surface area contributed by atoms with Crippen LogP contribution in [0.1, 0.15) is 16.1 Å². The molecule has 0 aliphatic carbocycles. The second kappa shape index (κ2) is 7.81. The van der Waals surface area contributed by atoms with Gasteiger partial charge in [0, 0.05) is 12.3 Å². The molecule has 0 aliphatic heterocycles. The Balaban J connectivity index is 1.75. The van der Waals surface area contributed by atoms with Crippen molar-refractivity contribution in [1.29, 1.82) is 0 Å². The van der Waals surface area contributed by atoms with E-state index in [-0.39, 0.29) is 34.9 Å². The van der Waals surface area contributed by atoms with Gasteiger partial charge in [-0.25, -0.2) is 9.78 Å². The first kappa shape index (κ1) is 18.3. The molecule has 9 heteroatoms. The molecule has 0 radical (unpaired) electrons. The molecular weight excluding hydrogens is 362 g/mol. The molecule has 0 amide bonds. The Hall–Kier alpha value is -3.49. The SMILES string of the molecule is COc1cc(C(=O)OCc2cc(=O)n3ccccc3n2)ccc1OC(F)F. The molecule has 0 atom stereocenters. The molecule has 27 heavy (non-hydrogen) atoms. The summed E-state index contributed by atoms with van der Waals surface area (Å²) in [5.41, 5.74) is 0.475. The van der Waals surface area contributed by atoms with Crippen LogP contribution < -0.4 is 15.0 Å². The Kier molecular flexibility index (Phi) is 5.30. The molecule has 0 unspecified atom stereocenters. The predicted octanol–water partition coefficient (Wildman–Crippen LogP) is 2.66. The summed E-state index contributed by atoms with van der Waals surface area (Å²) in [6.07, 6.45) is 1.58. The number of ether oxygens (including phenoxy) is 3. The molecule has 3 aromatic rings. The van der Waals surface area contributed by atoms with Crippen molar-refractivity contribution in [2.24, 2.45) is 0 Å². The zero-order chi connectivity index (χ0) is 19.4. The smallest absolute Gasteiger partial charge is 0.387 e. The summed E-state index contributed by atoms with van der Waals surface area (Å²) in [6, 6.07) is 10.0. The third-order valence-corrected chi connectivity index (χ3v) is 3.59. The van der Waals surface area contributed by atoms with Crippen LogP contribution in [0.15, 0.2) is 53.5 Å². The summed E-state index contributed by atoms with van der Waals surface area (Å²) >= 11 is 0. The van der Waals surface area contributed by atoms with Crippen LogP contribution in [0.3, 0.4) is 0 Å². The molecule has 2 aromatic heterocycles. The van der Waals surface area contributed by atoms with Gasteiger partial charge in [0.1, 0.15) is 12.3 Å². The molecule has 0 saturated carbocycles. The summed E-state index contributed by atoms with van der Waals surface area (Å²) in [5.74, 6) is -0.966. The molecule has 140 valence electrons. The number of methoxy groups -OCH3 is 1. The lowest BCUT2D eigenvalue weighted by atomic mass is 10.2. The fraction of sp³-hybridized carbons (Fsp3) is 0.167. The first-order valence-corrected chi connectivity index (χ1v) is 7.75. The number of nitrogens with zero attached hydrogens (tertiary/aromatic N) is 2. The number of halogens is 2. The maximum Gasteiger partial charge on any atom is 0.387 e. The van der Waals surface area contributed by atoms with Crippen molar-refractivity contribution in [2.45, 2.75) is 13.2 Å². The first-order chi connectivity index (χ1) is 13.0. The molecule has 1 aromatic carbocycles. The standard InChI is InChI=1S/C18H14F2N2O5/c1-25-14-8-11(5-6-13(14)27-18(19)20)17(24)26-10-12-9-16(23)22-7-3-2-4-15(22)21-12/h2-9,18H,10H2,1H3. The minimum atomic E-state index is -3.02. The van der Waals surface area contributed by atoms with Crippen LogP contribution in [0, 0.1) is 0 Å². The van der Waals surface area contributed by atoms with Gasteiger partial charge in [-0.3, -0.25) is 9.20 Å². The number of esters is 1. The van der Waals surface area contributed by atoms with Crippen LogP contribution in [0.2, 0.25) is 0 Å². The predicted molar refractivity (Wildman–Crippen MR) is 90.2 cm³/mol. The van der Waals surface area contributed by atoms with Crippen molar-refractivity contribution in [2.75, 3.05) is 7.11 Å². The Morgan fingerprint density at radius 3 is 2.74 bits per heavy atom. The van der Waals surface area contributed by atoms with Crippen LogP contribution in [-0.2, 0) is 11.3 Å². The number of rotatable bonds is 6. The third-order valence-electron chi connectivity index (χ3n) is 3.59. The zero-order valence-corrected chi connectivity index (χ0v) is 14.1. The van der Waals surface area contributed by atoms with Crippen molar-refractivity contribution in [3.05, 3.63) is 70.3 Å². The van der Waals surface area contributed by atoms with Crippen molar-refractivity contribution in [3.63, 3.8) is 0 Å². The summed E-state index contributed by atoms with van der Waals surface area (Å²) in [4.78, 5) is 28.4. The van der Waals surface area contributed by atoms with Crippen molar-refractivity contribution < 1.29 is 27.8 Å². The molecular formula is C18H14F2N2O5. The lowest BCUT2D eigenvalue weighted by molar-refractivity contribution is -0.0512. The monoisotopic (exact) mass is 376 g/mol. The summed E-state index contributed by atoms with van der Waals surface area (Å²) in [6.45, 7) is -3.24. The minimum Gasteiger partial charge on any atom is -0.493 e. The van der Waals surface area contributed by atoms with Gasteiger partial charge in [-0.2, -0.15) is 8.78 Å². The quantitative estimate of drug-likeness (QED) is 0.616. The van der Waals surface area contributed by atoms with E-state index in [1.54, 1.807) is 24.4 Å². The van der Waals surface area contributed by atoms with Crippen LogP contribution >= 0.6 is 0 Å². The largest absolute Gasteiger partial charge is 0.493 e. The van der Waals surface area contributed by atoms with Crippen molar-refractivity contribution in [3.8, 4) is 11.5 Å². The van der Waals surface area contributed by atoms with Crippen LogP contribution in [0.5, 0.6) is 11.5 Å². The Morgan fingerprint density at radius 2 is 2.00 bits per heavy atom. The van der Waals surface area contributed by atoms with E-state index in [1.807, 2.05) is 0 Å². The number of aromatic nitrogens is 2. The van der Waals surface area contributed by atoms with E-state index in [0.717, 1.165) is 0 Å².